The van der Waals surface area contributed by atoms with Crippen molar-refractivity contribution in [3.8, 4) is 10.7 Å². The van der Waals surface area contributed by atoms with Gasteiger partial charge in [0.05, 0.1) is 11.5 Å². The quantitative estimate of drug-likeness (QED) is 0.811. The molecule has 0 bridgehead atoms. The Morgan fingerprint density at radius 2 is 2.00 bits per heavy atom. The molecule has 0 amide bonds. The largest absolute Gasteiger partial charge is 0.301 e. The summed E-state index contributed by atoms with van der Waals surface area (Å²) in [5.74, 6) is 1.66. The molecule has 23 heavy (non-hydrogen) atoms. The highest BCUT2D eigenvalue weighted by Crippen LogP contribution is 2.20. The Morgan fingerprint density at radius 3 is 2.65 bits per heavy atom. The van der Waals surface area contributed by atoms with Crippen LogP contribution in [-0.2, 0) is 6.67 Å². The lowest BCUT2D eigenvalue weighted by molar-refractivity contribution is 0.0995. The van der Waals surface area contributed by atoms with Gasteiger partial charge in [0.15, 0.2) is 5.82 Å². The summed E-state index contributed by atoms with van der Waals surface area (Å²) < 4.78 is 2.62. The van der Waals surface area contributed by atoms with E-state index in [1.54, 1.807) is 11.3 Å². The van der Waals surface area contributed by atoms with E-state index in [4.69, 9.17) is 12.2 Å². The highest BCUT2D eigenvalue weighted by Gasteiger charge is 2.18. The fraction of sp³-hybridized carbons (Fsp3) is 0.625. The molecule has 3 rings (SSSR count). The van der Waals surface area contributed by atoms with Gasteiger partial charge in [0.1, 0.15) is 0 Å². The van der Waals surface area contributed by atoms with Crippen molar-refractivity contribution >= 4 is 23.6 Å². The second-order valence-corrected chi connectivity index (χ2v) is 7.86. The van der Waals surface area contributed by atoms with E-state index in [0.717, 1.165) is 49.5 Å². The van der Waals surface area contributed by atoms with E-state index in [9.17, 15) is 0 Å². The first-order chi connectivity index (χ1) is 11.1. The van der Waals surface area contributed by atoms with Gasteiger partial charge in [0, 0.05) is 26.2 Å². The van der Waals surface area contributed by atoms with E-state index >= 15 is 0 Å². The number of hydrogen-bond acceptors (Lipinski definition) is 5. The number of hydrogen-bond donors (Lipinski definition) is 1. The van der Waals surface area contributed by atoms with Gasteiger partial charge in [0.2, 0.25) is 4.77 Å². The monoisotopic (exact) mass is 351 g/mol. The number of nitrogens with zero attached hydrogens (tertiary/aromatic N) is 4. The Hall–Kier alpha value is -1.02. The molecule has 1 aliphatic heterocycles. The van der Waals surface area contributed by atoms with Crippen LogP contribution in [0.3, 0.4) is 0 Å². The maximum atomic E-state index is 5.40. The fourth-order valence-electron chi connectivity index (χ4n) is 2.77. The summed E-state index contributed by atoms with van der Waals surface area (Å²) in [4.78, 5) is 10.6. The van der Waals surface area contributed by atoms with Crippen LogP contribution < -0.4 is 0 Å². The zero-order chi connectivity index (χ0) is 16.2. The highest BCUT2D eigenvalue weighted by molar-refractivity contribution is 7.71. The molecule has 0 spiro atoms. The summed E-state index contributed by atoms with van der Waals surface area (Å²) in [5.41, 5.74) is 0. The van der Waals surface area contributed by atoms with E-state index in [2.05, 4.69) is 45.2 Å². The standard InChI is InChI=1S/C16H25N5S2/c1-13(2)5-6-19-7-9-20(10-8-19)12-21-16(22)17-15(18-21)14-4-3-11-23-14/h3-4,11,13H,5-10,12H2,1-2H3,(H,17,18,22). The molecule has 3 heterocycles. The first kappa shape index (κ1) is 16.8. The summed E-state index contributed by atoms with van der Waals surface area (Å²) in [6.07, 6.45) is 1.29. The molecule has 2 aromatic rings. The molecule has 0 atom stereocenters. The molecule has 1 aliphatic rings. The van der Waals surface area contributed by atoms with Gasteiger partial charge >= 0.3 is 0 Å². The molecule has 0 saturated carbocycles. The van der Waals surface area contributed by atoms with Gasteiger partial charge in [-0.3, -0.25) is 10.00 Å². The first-order valence-electron chi connectivity index (χ1n) is 8.27. The highest BCUT2D eigenvalue weighted by atomic mass is 32.1. The van der Waals surface area contributed by atoms with Crippen LogP contribution in [0.4, 0.5) is 0 Å². The third kappa shape index (κ3) is 4.50. The molecule has 126 valence electrons. The molecule has 1 N–H and O–H groups in total. The summed E-state index contributed by atoms with van der Waals surface area (Å²) in [7, 11) is 0. The molecular weight excluding hydrogens is 326 g/mol. The number of aromatic amines is 1. The minimum Gasteiger partial charge on any atom is -0.301 e. The van der Waals surface area contributed by atoms with Crippen molar-refractivity contribution in [3.63, 3.8) is 0 Å². The van der Waals surface area contributed by atoms with Gasteiger partial charge in [0.25, 0.3) is 0 Å². The Labute approximate surface area is 146 Å². The molecule has 1 saturated heterocycles. The van der Waals surface area contributed by atoms with Gasteiger partial charge in [-0.15, -0.1) is 11.3 Å². The average Bonchev–Trinajstić information content (AvgIpc) is 3.17. The smallest absolute Gasteiger partial charge is 0.217 e. The van der Waals surface area contributed by atoms with Gasteiger partial charge < -0.3 is 4.90 Å². The van der Waals surface area contributed by atoms with Crippen molar-refractivity contribution in [2.75, 3.05) is 32.7 Å². The summed E-state index contributed by atoms with van der Waals surface area (Å²) >= 11 is 7.08. The van der Waals surface area contributed by atoms with Crippen LogP contribution in [0.25, 0.3) is 10.7 Å². The second-order valence-electron chi connectivity index (χ2n) is 6.54. The second kappa shape index (κ2) is 7.70. The lowest BCUT2D eigenvalue weighted by Crippen LogP contribution is -2.47. The summed E-state index contributed by atoms with van der Waals surface area (Å²) in [6, 6.07) is 4.10. The number of H-pyrrole nitrogens is 1. The zero-order valence-corrected chi connectivity index (χ0v) is 15.5. The molecule has 2 aromatic heterocycles. The van der Waals surface area contributed by atoms with Gasteiger partial charge in [-0.05, 0) is 42.5 Å². The number of piperazine rings is 1. The number of aromatic nitrogens is 3. The van der Waals surface area contributed by atoms with Crippen molar-refractivity contribution in [3.05, 3.63) is 22.3 Å². The lowest BCUT2D eigenvalue weighted by atomic mass is 10.1. The molecule has 7 heteroatoms. The Morgan fingerprint density at radius 1 is 1.26 bits per heavy atom. The Bertz CT molecular complexity index is 650. The third-order valence-corrected chi connectivity index (χ3v) is 5.45. The SMILES string of the molecule is CC(C)CCN1CCN(Cn2[nH]c(-c3cccs3)nc2=S)CC1. The van der Waals surface area contributed by atoms with Crippen LogP contribution in [0.1, 0.15) is 20.3 Å². The predicted octanol–water partition coefficient (Wildman–Crippen LogP) is 3.29. The molecular formula is C16H25N5S2. The normalized spacial score (nSPS) is 17.2. The van der Waals surface area contributed by atoms with Crippen LogP contribution >= 0.6 is 23.6 Å². The number of nitrogens with one attached hydrogen (secondary N) is 1. The fourth-order valence-corrected chi connectivity index (χ4v) is 3.63. The van der Waals surface area contributed by atoms with Crippen molar-refractivity contribution in [2.24, 2.45) is 5.92 Å². The number of thiophene rings is 1. The van der Waals surface area contributed by atoms with E-state index in [1.165, 1.54) is 13.0 Å². The third-order valence-electron chi connectivity index (χ3n) is 4.26. The van der Waals surface area contributed by atoms with Crippen molar-refractivity contribution in [1.29, 1.82) is 0 Å². The Balaban J connectivity index is 1.54. The number of rotatable bonds is 6. The van der Waals surface area contributed by atoms with E-state index in [0.29, 0.717) is 4.77 Å². The zero-order valence-electron chi connectivity index (χ0n) is 13.9. The van der Waals surface area contributed by atoms with Crippen LogP contribution in [-0.4, -0.2) is 57.3 Å². The van der Waals surface area contributed by atoms with Crippen LogP contribution in [0.15, 0.2) is 17.5 Å². The molecule has 0 radical (unpaired) electrons. The molecule has 0 unspecified atom stereocenters. The lowest BCUT2D eigenvalue weighted by Gasteiger charge is -2.34. The van der Waals surface area contributed by atoms with E-state index in [1.807, 2.05) is 10.7 Å². The summed E-state index contributed by atoms with van der Waals surface area (Å²) in [6.45, 7) is 11.1. The van der Waals surface area contributed by atoms with Gasteiger partial charge in [-0.1, -0.05) is 19.9 Å². The maximum absolute atomic E-state index is 5.40. The van der Waals surface area contributed by atoms with Gasteiger partial charge in [-0.2, -0.15) is 4.98 Å². The van der Waals surface area contributed by atoms with Crippen molar-refractivity contribution < 1.29 is 0 Å². The van der Waals surface area contributed by atoms with Crippen molar-refractivity contribution in [2.45, 2.75) is 26.9 Å². The molecule has 5 nitrogen and oxygen atoms in total. The first-order valence-corrected chi connectivity index (χ1v) is 9.56. The van der Waals surface area contributed by atoms with Crippen LogP contribution in [0.5, 0.6) is 0 Å². The summed E-state index contributed by atoms with van der Waals surface area (Å²) in [5, 5.41) is 5.40. The van der Waals surface area contributed by atoms with Crippen molar-refractivity contribution in [1.82, 2.24) is 24.6 Å². The van der Waals surface area contributed by atoms with E-state index < -0.39 is 0 Å². The minimum atomic E-state index is 0.635. The topological polar surface area (TPSA) is 40.1 Å². The Kier molecular flexibility index (Phi) is 5.63. The van der Waals surface area contributed by atoms with Gasteiger partial charge in [-0.25, -0.2) is 4.68 Å². The maximum Gasteiger partial charge on any atom is 0.217 e. The van der Waals surface area contributed by atoms with E-state index in [-0.39, 0.29) is 0 Å². The van der Waals surface area contributed by atoms with Crippen LogP contribution in [0, 0.1) is 10.7 Å². The predicted molar refractivity (Wildman–Crippen MR) is 98.2 cm³/mol. The molecule has 0 aliphatic carbocycles. The average molecular weight is 352 g/mol. The minimum absolute atomic E-state index is 0.635. The molecule has 0 aromatic carbocycles. The molecule has 1 fully saturated rings. The van der Waals surface area contributed by atoms with Crippen LogP contribution in [0.2, 0.25) is 0 Å².